The van der Waals surface area contributed by atoms with Crippen molar-refractivity contribution < 1.29 is 9.84 Å². The summed E-state index contributed by atoms with van der Waals surface area (Å²) in [5, 5.41) is 12.4. The van der Waals surface area contributed by atoms with E-state index in [4.69, 9.17) is 9.84 Å². The van der Waals surface area contributed by atoms with Gasteiger partial charge in [-0.1, -0.05) is 6.92 Å². The molecule has 0 unspecified atom stereocenters. The predicted octanol–water partition coefficient (Wildman–Crippen LogP) is 0.136. The second-order valence-electron chi connectivity index (χ2n) is 3.23. The van der Waals surface area contributed by atoms with E-state index in [1.165, 1.54) is 0 Å². The summed E-state index contributed by atoms with van der Waals surface area (Å²) < 4.78 is 5.20. The molecule has 0 amide bonds. The Kier molecular flexibility index (Phi) is 2.87. The van der Waals surface area contributed by atoms with Gasteiger partial charge in [0.05, 0.1) is 12.7 Å². The van der Waals surface area contributed by atoms with Gasteiger partial charge in [0.15, 0.2) is 0 Å². The third kappa shape index (κ3) is 1.72. The molecule has 0 aromatic heterocycles. The molecule has 1 rings (SSSR count). The monoisotopic (exact) mass is 159 g/mol. The van der Waals surface area contributed by atoms with Crippen molar-refractivity contribution in [3.05, 3.63) is 0 Å². The average molecular weight is 159 g/mol. The van der Waals surface area contributed by atoms with E-state index >= 15 is 0 Å². The molecule has 1 heterocycles. The molecule has 3 heteroatoms. The third-order valence-corrected chi connectivity index (χ3v) is 2.64. The molecule has 1 fully saturated rings. The number of rotatable bonds is 3. The number of hydrogen-bond acceptors (Lipinski definition) is 3. The summed E-state index contributed by atoms with van der Waals surface area (Å²) in [6, 6.07) is 0. The largest absolute Gasteiger partial charge is 0.394 e. The maximum Gasteiger partial charge on any atom is 0.0714 e. The number of nitrogens with one attached hydrogen (secondary N) is 1. The van der Waals surface area contributed by atoms with Crippen LogP contribution in [0, 0.1) is 0 Å². The van der Waals surface area contributed by atoms with Crippen LogP contribution in [0.2, 0.25) is 0 Å². The van der Waals surface area contributed by atoms with E-state index in [0.717, 1.165) is 19.4 Å². The summed E-state index contributed by atoms with van der Waals surface area (Å²) in [5.74, 6) is 0. The molecule has 1 saturated heterocycles. The third-order valence-electron chi connectivity index (χ3n) is 2.64. The van der Waals surface area contributed by atoms with Crippen LogP contribution in [0.25, 0.3) is 0 Å². The minimum Gasteiger partial charge on any atom is -0.394 e. The quantitative estimate of drug-likeness (QED) is 0.615. The summed E-state index contributed by atoms with van der Waals surface area (Å²) in [6.07, 6.45) is 2.17. The van der Waals surface area contributed by atoms with Gasteiger partial charge in [0, 0.05) is 19.2 Å². The van der Waals surface area contributed by atoms with Crippen LogP contribution in [0.15, 0.2) is 0 Å². The van der Waals surface area contributed by atoms with Crippen LogP contribution in [0.5, 0.6) is 0 Å². The van der Waals surface area contributed by atoms with Gasteiger partial charge < -0.3 is 15.2 Å². The van der Waals surface area contributed by atoms with Gasteiger partial charge in [0.1, 0.15) is 0 Å². The average Bonchev–Trinajstić information content (AvgIpc) is 2.49. The second kappa shape index (κ2) is 3.52. The predicted molar refractivity (Wildman–Crippen MR) is 43.5 cm³/mol. The zero-order valence-electron chi connectivity index (χ0n) is 7.26. The van der Waals surface area contributed by atoms with Crippen molar-refractivity contribution in [3.63, 3.8) is 0 Å². The van der Waals surface area contributed by atoms with Crippen LogP contribution in [0.1, 0.15) is 19.8 Å². The minimum atomic E-state index is -0.0688. The van der Waals surface area contributed by atoms with Gasteiger partial charge in [-0.3, -0.25) is 0 Å². The highest BCUT2D eigenvalue weighted by Gasteiger charge is 2.36. The Morgan fingerprint density at radius 1 is 1.73 bits per heavy atom. The highest BCUT2D eigenvalue weighted by Crippen LogP contribution is 2.23. The van der Waals surface area contributed by atoms with E-state index in [2.05, 4.69) is 12.2 Å². The zero-order valence-corrected chi connectivity index (χ0v) is 7.26. The lowest BCUT2D eigenvalue weighted by Gasteiger charge is -2.24. The van der Waals surface area contributed by atoms with E-state index in [1.54, 1.807) is 7.11 Å². The first-order valence-electron chi connectivity index (χ1n) is 4.15. The first kappa shape index (κ1) is 8.97. The molecular formula is C8H17NO2. The zero-order chi connectivity index (χ0) is 8.32. The molecule has 0 saturated carbocycles. The topological polar surface area (TPSA) is 41.5 Å². The normalized spacial score (nSPS) is 37.9. The number of aliphatic hydroxyl groups is 1. The van der Waals surface area contributed by atoms with E-state index in [9.17, 15) is 0 Å². The summed E-state index contributed by atoms with van der Waals surface area (Å²) >= 11 is 0. The first-order valence-corrected chi connectivity index (χ1v) is 4.15. The molecule has 1 aliphatic rings. The first-order chi connectivity index (χ1) is 5.26. The van der Waals surface area contributed by atoms with Crippen molar-refractivity contribution >= 4 is 0 Å². The molecule has 3 nitrogen and oxygen atoms in total. The molecule has 0 bridgehead atoms. The Bertz CT molecular complexity index is 123. The number of aliphatic hydroxyl groups excluding tert-OH is 1. The van der Waals surface area contributed by atoms with Gasteiger partial charge in [0.2, 0.25) is 0 Å². The molecule has 0 aromatic carbocycles. The van der Waals surface area contributed by atoms with Crippen molar-refractivity contribution in [3.8, 4) is 0 Å². The molecule has 0 aromatic rings. The van der Waals surface area contributed by atoms with E-state index in [0.29, 0.717) is 0 Å². The standard InChI is InChI=1S/C8H17NO2/c1-3-8(6-10)4-7(11-2)5-9-8/h7,9-10H,3-6H2,1-2H3/t7-,8+/m0/s1. The SMILES string of the molecule is CC[C@]1(CO)C[C@H](OC)CN1. The Balaban J connectivity index is 2.48. The maximum atomic E-state index is 9.11. The lowest BCUT2D eigenvalue weighted by Crippen LogP contribution is -2.42. The highest BCUT2D eigenvalue weighted by molar-refractivity contribution is 4.95. The number of ether oxygens (including phenoxy) is 1. The van der Waals surface area contributed by atoms with Crippen molar-refractivity contribution in [2.75, 3.05) is 20.3 Å². The fourth-order valence-electron chi connectivity index (χ4n) is 1.58. The summed E-state index contributed by atoms with van der Waals surface area (Å²) in [6.45, 7) is 3.16. The Hall–Kier alpha value is -0.120. The van der Waals surface area contributed by atoms with Crippen molar-refractivity contribution in [2.45, 2.75) is 31.4 Å². The molecule has 2 atom stereocenters. The number of hydrogen-bond donors (Lipinski definition) is 2. The Labute approximate surface area is 67.7 Å². The van der Waals surface area contributed by atoms with Crippen LogP contribution in [0.3, 0.4) is 0 Å². The van der Waals surface area contributed by atoms with Gasteiger partial charge in [-0.15, -0.1) is 0 Å². The summed E-state index contributed by atoms with van der Waals surface area (Å²) in [4.78, 5) is 0. The van der Waals surface area contributed by atoms with Gasteiger partial charge >= 0.3 is 0 Å². The highest BCUT2D eigenvalue weighted by atomic mass is 16.5. The van der Waals surface area contributed by atoms with Gasteiger partial charge in [-0.25, -0.2) is 0 Å². The minimum absolute atomic E-state index is 0.0688. The molecular weight excluding hydrogens is 142 g/mol. The van der Waals surface area contributed by atoms with Crippen LogP contribution in [-0.2, 0) is 4.74 Å². The van der Waals surface area contributed by atoms with E-state index in [1.807, 2.05) is 0 Å². The Morgan fingerprint density at radius 2 is 2.45 bits per heavy atom. The summed E-state index contributed by atoms with van der Waals surface area (Å²) in [5.41, 5.74) is -0.0688. The van der Waals surface area contributed by atoms with Crippen molar-refractivity contribution in [2.24, 2.45) is 0 Å². The maximum absolute atomic E-state index is 9.11. The molecule has 11 heavy (non-hydrogen) atoms. The fourth-order valence-corrected chi connectivity index (χ4v) is 1.58. The molecule has 0 spiro atoms. The van der Waals surface area contributed by atoms with Crippen molar-refractivity contribution in [1.29, 1.82) is 0 Å². The summed E-state index contributed by atoms with van der Waals surface area (Å²) in [7, 11) is 1.72. The van der Waals surface area contributed by atoms with Gasteiger partial charge in [-0.05, 0) is 12.8 Å². The fraction of sp³-hybridized carbons (Fsp3) is 1.00. The van der Waals surface area contributed by atoms with Crippen LogP contribution >= 0.6 is 0 Å². The van der Waals surface area contributed by atoms with E-state index < -0.39 is 0 Å². The second-order valence-corrected chi connectivity index (χ2v) is 3.23. The lowest BCUT2D eigenvalue weighted by molar-refractivity contribution is 0.100. The van der Waals surface area contributed by atoms with Crippen LogP contribution < -0.4 is 5.32 Å². The molecule has 0 radical (unpaired) electrons. The van der Waals surface area contributed by atoms with E-state index in [-0.39, 0.29) is 18.2 Å². The van der Waals surface area contributed by atoms with Gasteiger partial charge in [-0.2, -0.15) is 0 Å². The smallest absolute Gasteiger partial charge is 0.0714 e. The van der Waals surface area contributed by atoms with Crippen LogP contribution in [0.4, 0.5) is 0 Å². The molecule has 0 aliphatic carbocycles. The van der Waals surface area contributed by atoms with Gasteiger partial charge in [0.25, 0.3) is 0 Å². The van der Waals surface area contributed by atoms with Crippen molar-refractivity contribution in [1.82, 2.24) is 5.32 Å². The molecule has 2 N–H and O–H groups in total. The van der Waals surface area contributed by atoms with Crippen LogP contribution in [-0.4, -0.2) is 37.0 Å². The molecule has 1 aliphatic heterocycles. The molecule has 66 valence electrons. The Morgan fingerprint density at radius 3 is 2.73 bits per heavy atom. The number of methoxy groups -OCH3 is 1. The lowest BCUT2D eigenvalue weighted by atomic mass is 9.95.